The van der Waals surface area contributed by atoms with E-state index in [-0.39, 0.29) is 78.9 Å². The topological polar surface area (TPSA) is 157 Å². The van der Waals surface area contributed by atoms with Crippen LogP contribution in [0.1, 0.15) is 24.2 Å². The SMILES string of the molecule is COCCN(C(=O)c1cc(S(=O)(=O)N2CCOCC2)ccc1Cl)c1c(N)n(CC(C)C)c(=O)[nH]c1=O. The van der Waals surface area contributed by atoms with Crippen LogP contribution in [0.2, 0.25) is 5.02 Å². The number of carbonyl (C=O) groups excluding carboxylic acids is 1. The maximum atomic E-state index is 13.7. The summed E-state index contributed by atoms with van der Waals surface area (Å²) in [6, 6.07) is 3.79. The molecule has 1 aromatic carbocycles. The molecule has 12 nitrogen and oxygen atoms in total. The van der Waals surface area contributed by atoms with E-state index in [1.807, 2.05) is 13.8 Å². The fraction of sp³-hybridized carbons (Fsp3) is 0.500. The second kappa shape index (κ2) is 11.6. The summed E-state index contributed by atoms with van der Waals surface area (Å²) in [6.45, 7) is 4.73. The first-order valence-electron chi connectivity index (χ1n) is 11.3. The highest BCUT2D eigenvalue weighted by molar-refractivity contribution is 7.89. The molecule has 1 aliphatic rings. The van der Waals surface area contributed by atoms with Crippen molar-refractivity contribution >= 4 is 39.0 Å². The summed E-state index contributed by atoms with van der Waals surface area (Å²) < 4.78 is 39.1. The van der Waals surface area contributed by atoms with Crippen LogP contribution >= 0.6 is 11.6 Å². The van der Waals surface area contributed by atoms with Crippen molar-refractivity contribution in [3.63, 3.8) is 0 Å². The molecule has 0 atom stereocenters. The zero-order valence-electron chi connectivity index (χ0n) is 20.3. The number of nitrogens with two attached hydrogens (primary N) is 1. The van der Waals surface area contributed by atoms with Crippen molar-refractivity contribution in [2.24, 2.45) is 5.92 Å². The number of nitrogen functional groups attached to an aromatic ring is 1. The third-order valence-corrected chi connectivity index (χ3v) is 7.80. The Balaban J connectivity index is 2.12. The average molecular weight is 544 g/mol. The number of rotatable bonds is 9. The number of hydrogen-bond donors (Lipinski definition) is 2. The second-order valence-electron chi connectivity index (χ2n) is 8.61. The fourth-order valence-electron chi connectivity index (χ4n) is 3.79. The highest BCUT2D eigenvalue weighted by Crippen LogP contribution is 2.27. The van der Waals surface area contributed by atoms with Gasteiger partial charge in [-0.25, -0.2) is 13.2 Å². The molecule has 1 aliphatic heterocycles. The third kappa shape index (κ3) is 5.81. The molecule has 14 heteroatoms. The number of anilines is 2. The third-order valence-electron chi connectivity index (χ3n) is 5.57. The first kappa shape index (κ1) is 27.9. The number of H-pyrrole nitrogens is 1. The Morgan fingerprint density at radius 3 is 2.56 bits per heavy atom. The van der Waals surface area contributed by atoms with E-state index in [0.717, 1.165) is 4.90 Å². The van der Waals surface area contributed by atoms with Gasteiger partial charge in [-0.2, -0.15) is 4.31 Å². The monoisotopic (exact) mass is 543 g/mol. The number of methoxy groups -OCH3 is 1. The number of halogens is 1. The van der Waals surface area contributed by atoms with Crippen molar-refractivity contribution in [3.05, 3.63) is 49.6 Å². The van der Waals surface area contributed by atoms with Crippen molar-refractivity contribution in [2.75, 3.05) is 57.2 Å². The van der Waals surface area contributed by atoms with Gasteiger partial charge in [-0.05, 0) is 24.1 Å². The molecular formula is C22H30ClN5O7S. The summed E-state index contributed by atoms with van der Waals surface area (Å²) in [6.07, 6.45) is 0. The number of nitrogens with one attached hydrogen (secondary N) is 1. The minimum atomic E-state index is -3.92. The Morgan fingerprint density at radius 2 is 1.94 bits per heavy atom. The Bertz CT molecular complexity index is 1330. The smallest absolute Gasteiger partial charge is 0.330 e. The van der Waals surface area contributed by atoms with Gasteiger partial charge in [-0.1, -0.05) is 25.4 Å². The summed E-state index contributed by atoms with van der Waals surface area (Å²) in [5.41, 5.74) is 4.24. The van der Waals surface area contributed by atoms with Crippen LogP contribution in [0.5, 0.6) is 0 Å². The Hall–Kier alpha value is -2.71. The second-order valence-corrected chi connectivity index (χ2v) is 11.0. The number of nitrogens with zero attached hydrogens (tertiary/aromatic N) is 3. The largest absolute Gasteiger partial charge is 0.383 e. The number of carbonyl (C=O) groups is 1. The summed E-state index contributed by atoms with van der Waals surface area (Å²) in [7, 11) is -2.51. The molecule has 0 spiro atoms. The number of benzene rings is 1. The molecule has 1 saturated heterocycles. The van der Waals surface area contributed by atoms with Gasteiger partial charge in [0.05, 0.1) is 35.3 Å². The van der Waals surface area contributed by atoms with Crippen LogP contribution in [0.15, 0.2) is 32.7 Å². The predicted octanol–water partition coefficient (Wildman–Crippen LogP) is 0.742. The molecule has 1 fully saturated rings. The normalized spacial score (nSPS) is 14.8. The van der Waals surface area contributed by atoms with Crippen molar-refractivity contribution in [3.8, 4) is 0 Å². The summed E-state index contributed by atoms with van der Waals surface area (Å²) >= 11 is 6.32. The van der Waals surface area contributed by atoms with Gasteiger partial charge < -0.3 is 15.2 Å². The summed E-state index contributed by atoms with van der Waals surface area (Å²) in [5, 5.41) is -0.0196. The molecule has 36 heavy (non-hydrogen) atoms. The molecule has 1 amide bonds. The van der Waals surface area contributed by atoms with E-state index >= 15 is 0 Å². The van der Waals surface area contributed by atoms with E-state index in [2.05, 4.69) is 4.98 Å². The van der Waals surface area contributed by atoms with Crippen LogP contribution in [0, 0.1) is 5.92 Å². The molecule has 2 aromatic rings. The van der Waals surface area contributed by atoms with E-state index in [9.17, 15) is 22.8 Å². The van der Waals surface area contributed by atoms with Crippen LogP contribution in [0.4, 0.5) is 11.5 Å². The standard InChI is InChI=1S/C22H30ClN5O7S/c1-14(2)13-28-19(24)18(20(29)25-22(28)31)27(8-9-34-3)21(30)16-12-15(4-5-17(16)23)36(32,33)26-6-10-35-11-7-26/h4-5,12,14H,6-11,13,24H2,1-3H3,(H,25,29,31). The average Bonchev–Trinajstić information content (AvgIpc) is 2.84. The number of morpholine rings is 1. The summed E-state index contributed by atoms with van der Waals surface area (Å²) in [5.74, 6) is -0.957. The Kier molecular flexibility index (Phi) is 8.95. The minimum absolute atomic E-state index is 0.0170. The van der Waals surface area contributed by atoms with Crippen molar-refractivity contribution in [2.45, 2.75) is 25.3 Å². The lowest BCUT2D eigenvalue weighted by molar-refractivity contribution is 0.0730. The van der Waals surface area contributed by atoms with Gasteiger partial charge in [-0.3, -0.25) is 24.0 Å². The van der Waals surface area contributed by atoms with E-state index in [4.69, 9.17) is 26.8 Å². The fourth-order valence-corrected chi connectivity index (χ4v) is 5.43. The van der Waals surface area contributed by atoms with Crippen LogP contribution in [0.3, 0.4) is 0 Å². The van der Waals surface area contributed by atoms with E-state index in [0.29, 0.717) is 0 Å². The molecule has 198 valence electrons. The molecule has 0 unspecified atom stereocenters. The van der Waals surface area contributed by atoms with Gasteiger partial charge >= 0.3 is 5.69 Å². The Labute approximate surface area is 213 Å². The van der Waals surface area contributed by atoms with Gasteiger partial charge in [-0.15, -0.1) is 0 Å². The van der Waals surface area contributed by atoms with Gasteiger partial charge in [0.2, 0.25) is 10.0 Å². The van der Waals surface area contributed by atoms with Gasteiger partial charge in [0.1, 0.15) is 5.82 Å². The number of aromatic nitrogens is 2. The molecule has 2 heterocycles. The van der Waals surface area contributed by atoms with Crippen LogP contribution in [-0.2, 0) is 26.0 Å². The minimum Gasteiger partial charge on any atom is -0.383 e. The van der Waals surface area contributed by atoms with E-state index in [1.54, 1.807) is 0 Å². The maximum Gasteiger partial charge on any atom is 0.330 e. The lowest BCUT2D eigenvalue weighted by Crippen LogP contribution is -2.43. The number of sulfonamides is 1. The molecule has 1 aromatic heterocycles. The van der Waals surface area contributed by atoms with Crippen molar-refractivity contribution in [1.29, 1.82) is 0 Å². The van der Waals surface area contributed by atoms with Crippen LogP contribution in [-0.4, -0.2) is 74.7 Å². The molecule has 0 radical (unpaired) electrons. The number of aromatic amines is 1. The first-order chi connectivity index (χ1) is 17.0. The molecule has 0 bridgehead atoms. The molecular weight excluding hydrogens is 514 g/mol. The first-order valence-corrected chi connectivity index (χ1v) is 13.1. The number of amides is 1. The number of ether oxygens (including phenoxy) is 2. The zero-order chi connectivity index (χ0) is 26.6. The highest BCUT2D eigenvalue weighted by Gasteiger charge is 2.30. The predicted molar refractivity (Wildman–Crippen MR) is 135 cm³/mol. The molecule has 3 N–H and O–H groups in total. The van der Waals surface area contributed by atoms with E-state index < -0.39 is 27.2 Å². The van der Waals surface area contributed by atoms with E-state index in [1.165, 1.54) is 34.2 Å². The van der Waals surface area contributed by atoms with Crippen LogP contribution < -0.4 is 21.9 Å². The lowest BCUT2D eigenvalue weighted by atomic mass is 10.1. The Morgan fingerprint density at radius 1 is 1.28 bits per heavy atom. The maximum absolute atomic E-state index is 13.7. The van der Waals surface area contributed by atoms with Crippen molar-refractivity contribution in [1.82, 2.24) is 13.9 Å². The molecule has 3 rings (SSSR count). The summed E-state index contributed by atoms with van der Waals surface area (Å²) in [4.78, 5) is 42.0. The lowest BCUT2D eigenvalue weighted by Gasteiger charge is -2.27. The van der Waals surface area contributed by atoms with Gasteiger partial charge in [0, 0.05) is 33.3 Å². The molecule has 0 aliphatic carbocycles. The zero-order valence-corrected chi connectivity index (χ0v) is 21.9. The highest BCUT2D eigenvalue weighted by atomic mass is 35.5. The number of hydrogen-bond acceptors (Lipinski definition) is 8. The van der Waals surface area contributed by atoms with Gasteiger partial charge in [0.15, 0.2) is 5.69 Å². The van der Waals surface area contributed by atoms with Crippen molar-refractivity contribution < 1.29 is 22.7 Å². The quantitative estimate of drug-likeness (QED) is 0.469. The van der Waals surface area contributed by atoms with Gasteiger partial charge in [0.25, 0.3) is 11.5 Å². The molecule has 0 saturated carbocycles. The van der Waals surface area contributed by atoms with Crippen LogP contribution in [0.25, 0.3) is 0 Å².